The lowest BCUT2D eigenvalue weighted by Gasteiger charge is -2.29. The van der Waals surface area contributed by atoms with Crippen LogP contribution >= 0.6 is 0 Å². The number of rotatable bonds is 13. The van der Waals surface area contributed by atoms with Crippen LogP contribution < -0.4 is 9.62 Å². The van der Waals surface area contributed by atoms with Crippen molar-refractivity contribution in [3.63, 3.8) is 0 Å². The largest absolute Gasteiger partial charge is 0.416 e. The van der Waals surface area contributed by atoms with Crippen molar-refractivity contribution in [3.8, 4) is 0 Å². The van der Waals surface area contributed by atoms with Gasteiger partial charge in [0.25, 0.3) is 0 Å². The fraction of sp³-hybridized carbons (Fsp3) is 0.462. The molecule has 0 spiro atoms. The molecule has 37 heavy (non-hydrogen) atoms. The van der Waals surface area contributed by atoms with Crippen molar-refractivity contribution in [1.82, 2.24) is 10.2 Å². The van der Waals surface area contributed by atoms with Gasteiger partial charge in [-0.15, -0.1) is 0 Å². The fourth-order valence-corrected chi connectivity index (χ4v) is 4.76. The molecule has 7 nitrogen and oxygen atoms in total. The second-order valence-corrected chi connectivity index (χ2v) is 10.7. The first kappa shape index (κ1) is 30.1. The van der Waals surface area contributed by atoms with Gasteiger partial charge < -0.3 is 10.2 Å². The normalized spacial score (nSPS) is 12.6. The number of amides is 2. The van der Waals surface area contributed by atoms with Crippen molar-refractivity contribution in [2.75, 3.05) is 30.2 Å². The van der Waals surface area contributed by atoms with Gasteiger partial charge in [0, 0.05) is 26.1 Å². The summed E-state index contributed by atoms with van der Waals surface area (Å²) in [6, 6.07) is 12.8. The number of anilines is 1. The highest BCUT2D eigenvalue weighted by molar-refractivity contribution is 7.92. The lowest BCUT2D eigenvalue weighted by atomic mass is 10.1. The Morgan fingerprint density at radius 3 is 2.30 bits per heavy atom. The summed E-state index contributed by atoms with van der Waals surface area (Å²) in [5.74, 6) is -0.627. The molecule has 0 aliphatic carbocycles. The number of hydrogen-bond donors (Lipinski definition) is 1. The van der Waals surface area contributed by atoms with Crippen LogP contribution in [0.15, 0.2) is 54.6 Å². The predicted molar refractivity (Wildman–Crippen MR) is 137 cm³/mol. The number of benzene rings is 2. The van der Waals surface area contributed by atoms with Gasteiger partial charge in [0.15, 0.2) is 0 Å². The van der Waals surface area contributed by atoms with E-state index >= 15 is 0 Å². The number of alkyl halides is 3. The van der Waals surface area contributed by atoms with Gasteiger partial charge in [0.1, 0.15) is 6.04 Å². The minimum absolute atomic E-state index is 0.0628. The summed E-state index contributed by atoms with van der Waals surface area (Å²) in [6.07, 6.45) is -2.46. The van der Waals surface area contributed by atoms with E-state index in [4.69, 9.17) is 0 Å². The van der Waals surface area contributed by atoms with Crippen molar-refractivity contribution in [2.45, 2.75) is 51.7 Å². The molecule has 1 atom stereocenters. The number of sulfonamides is 1. The average molecular weight is 542 g/mol. The van der Waals surface area contributed by atoms with E-state index in [0.717, 1.165) is 40.7 Å². The molecule has 0 aliphatic rings. The Hall–Kier alpha value is -3.08. The summed E-state index contributed by atoms with van der Waals surface area (Å²) >= 11 is 0. The molecule has 2 aromatic rings. The van der Waals surface area contributed by atoms with Crippen LogP contribution in [0, 0.1) is 0 Å². The van der Waals surface area contributed by atoms with Crippen molar-refractivity contribution in [2.24, 2.45) is 0 Å². The summed E-state index contributed by atoms with van der Waals surface area (Å²) in [6.45, 7) is 4.13. The van der Waals surface area contributed by atoms with E-state index in [1.165, 1.54) is 11.0 Å². The molecule has 0 saturated heterocycles. The van der Waals surface area contributed by atoms with Gasteiger partial charge in [-0.05, 0) is 49.9 Å². The number of hydrogen-bond acceptors (Lipinski definition) is 4. The van der Waals surface area contributed by atoms with Crippen LogP contribution in [0.4, 0.5) is 18.9 Å². The second kappa shape index (κ2) is 13.5. The quantitative estimate of drug-likeness (QED) is 0.411. The maximum atomic E-state index is 13.2. The highest BCUT2D eigenvalue weighted by atomic mass is 32.2. The Bertz CT molecular complexity index is 1140. The molecule has 11 heteroatoms. The van der Waals surface area contributed by atoms with Crippen LogP contribution in [-0.4, -0.2) is 57.1 Å². The third kappa shape index (κ3) is 9.38. The summed E-state index contributed by atoms with van der Waals surface area (Å²) in [7, 11) is -3.91. The SMILES string of the molecule is CCCNC(=O)C(C)N(CCc1ccccc1)C(=O)CCCN(c1cccc(C(F)(F)F)c1)S(C)(=O)=O. The van der Waals surface area contributed by atoms with Gasteiger partial charge in [0.2, 0.25) is 21.8 Å². The van der Waals surface area contributed by atoms with Crippen molar-refractivity contribution < 1.29 is 31.2 Å². The number of carbonyl (C=O) groups is 2. The summed E-state index contributed by atoms with van der Waals surface area (Å²) in [4.78, 5) is 27.2. The lowest BCUT2D eigenvalue weighted by Crippen LogP contribution is -2.49. The molecule has 1 N–H and O–H groups in total. The molecular weight excluding hydrogens is 507 g/mol. The lowest BCUT2D eigenvalue weighted by molar-refractivity contribution is -0.139. The van der Waals surface area contributed by atoms with Crippen LogP contribution in [0.2, 0.25) is 0 Å². The summed E-state index contributed by atoms with van der Waals surface area (Å²) in [5.41, 5.74) is -0.0963. The predicted octanol–water partition coefficient (Wildman–Crippen LogP) is 4.24. The van der Waals surface area contributed by atoms with E-state index in [9.17, 15) is 31.2 Å². The van der Waals surface area contributed by atoms with E-state index in [0.29, 0.717) is 13.0 Å². The first-order valence-electron chi connectivity index (χ1n) is 12.1. The standard InChI is InChI=1S/C26H34F3N3O4S/c1-4-16-30-25(34)20(2)31(18-15-21-10-6-5-7-11-21)24(33)14-9-17-32(37(3,35)36)23-13-8-12-22(19-23)26(27,28)29/h5-8,10-13,19-20H,4,9,14-18H2,1-3H3,(H,30,34). The molecule has 204 valence electrons. The van der Waals surface area contributed by atoms with E-state index in [1.807, 2.05) is 37.3 Å². The highest BCUT2D eigenvalue weighted by Crippen LogP contribution is 2.32. The van der Waals surface area contributed by atoms with Crippen LogP contribution in [-0.2, 0) is 32.2 Å². The fourth-order valence-electron chi connectivity index (χ4n) is 3.81. The van der Waals surface area contributed by atoms with E-state index in [2.05, 4.69) is 5.32 Å². The van der Waals surface area contributed by atoms with Gasteiger partial charge >= 0.3 is 6.18 Å². The van der Waals surface area contributed by atoms with Crippen molar-refractivity contribution in [1.29, 1.82) is 0 Å². The Morgan fingerprint density at radius 2 is 1.70 bits per heavy atom. The monoisotopic (exact) mass is 541 g/mol. The number of nitrogens with zero attached hydrogens (tertiary/aromatic N) is 2. The minimum atomic E-state index is -4.62. The summed E-state index contributed by atoms with van der Waals surface area (Å²) in [5, 5.41) is 2.79. The number of nitrogens with one attached hydrogen (secondary N) is 1. The molecule has 0 bridgehead atoms. The second-order valence-electron chi connectivity index (χ2n) is 8.78. The average Bonchev–Trinajstić information content (AvgIpc) is 2.84. The molecule has 0 aliphatic heterocycles. The molecular formula is C26H34F3N3O4S. The number of carbonyl (C=O) groups excluding carboxylic acids is 2. The Balaban J connectivity index is 2.14. The van der Waals surface area contributed by atoms with Gasteiger partial charge in [-0.3, -0.25) is 13.9 Å². The van der Waals surface area contributed by atoms with Gasteiger partial charge in [-0.2, -0.15) is 13.2 Å². The van der Waals surface area contributed by atoms with Gasteiger partial charge in [0.05, 0.1) is 17.5 Å². The molecule has 0 fully saturated rings. The van der Waals surface area contributed by atoms with Gasteiger partial charge in [-0.25, -0.2) is 8.42 Å². The third-order valence-electron chi connectivity index (χ3n) is 5.81. The zero-order chi connectivity index (χ0) is 27.6. The van der Waals surface area contributed by atoms with Crippen molar-refractivity contribution in [3.05, 3.63) is 65.7 Å². The van der Waals surface area contributed by atoms with E-state index in [1.54, 1.807) is 6.92 Å². The zero-order valence-corrected chi connectivity index (χ0v) is 22.1. The highest BCUT2D eigenvalue weighted by Gasteiger charge is 2.32. The first-order chi connectivity index (χ1) is 17.3. The molecule has 2 aromatic carbocycles. The van der Waals surface area contributed by atoms with E-state index in [-0.39, 0.29) is 43.4 Å². The van der Waals surface area contributed by atoms with Crippen LogP contribution in [0.1, 0.15) is 44.2 Å². The van der Waals surface area contributed by atoms with Crippen LogP contribution in [0.5, 0.6) is 0 Å². The zero-order valence-electron chi connectivity index (χ0n) is 21.3. The molecule has 0 saturated carbocycles. The van der Waals surface area contributed by atoms with Gasteiger partial charge in [-0.1, -0.05) is 43.3 Å². The van der Waals surface area contributed by atoms with Crippen LogP contribution in [0.3, 0.4) is 0 Å². The van der Waals surface area contributed by atoms with Crippen LogP contribution in [0.25, 0.3) is 0 Å². The maximum absolute atomic E-state index is 13.2. The Labute approximate surface area is 216 Å². The molecule has 2 rings (SSSR count). The topological polar surface area (TPSA) is 86.8 Å². The van der Waals surface area contributed by atoms with E-state index < -0.39 is 27.8 Å². The Morgan fingerprint density at radius 1 is 1.03 bits per heavy atom. The Kier molecular flexibility index (Phi) is 11.0. The first-order valence-corrected chi connectivity index (χ1v) is 14.0. The molecule has 2 amide bonds. The third-order valence-corrected chi connectivity index (χ3v) is 7.01. The molecule has 0 aromatic heterocycles. The number of halogens is 3. The summed E-state index contributed by atoms with van der Waals surface area (Å²) < 4.78 is 65.0. The molecule has 1 unspecified atom stereocenters. The smallest absolute Gasteiger partial charge is 0.354 e. The maximum Gasteiger partial charge on any atom is 0.416 e. The minimum Gasteiger partial charge on any atom is -0.354 e. The molecule has 0 heterocycles. The van der Waals surface area contributed by atoms with Crippen molar-refractivity contribution >= 4 is 27.5 Å². The molecule has 0 radical (unpaired) electrons.